The number of rotatable bonds is 2. The molecular weight excluding hydrogens is 231 g/mol. The molecule has 90 valence electrons. The SMILES string of the molecule is O=C(O)C(=O)c1ccc2c(c1F)OCCCO2. The third-order valence-corrected chi connectivity index (χ3v) is 2.29. The molecular formula is C11H9FO5. The first-order valence-corrected chi connectivity index (χ1v) is 4.97. The van der Waals surface area contributed by atoms with Crippen molar-refractivity contribution in [2.24, 2.45) is 0 Å². The van der Waals surface area contributed by atoms with Gasteiger partial charge in [0.15, 0.2) is 17.3 Å². The Hall–Kier alpha value is -2.11. The molecule has 0 aliphatic carbocycles. The fraction of sp³-hybridized carbons (Fsp3) is 0.273. The van der Waals surface area contributed by atoms with Gasteiger partial charge >= 0.3 is 5.97 Å². The van der Waals surface area contributed by atoms with Crippen molar-refractivity contribution in [2.75, 3.05) is 13.2 Å². The standard InChI is InChI=1S/C11H9FO5/c12-8-6(9(13)11(14)15)2-3-7-10(8)17-5-1-4-16-7/h2-3H,1,4-5H2,(H,14,15). The van der Waals surface area contributed by atoms with Crippen molar-refractivity contribution in [3.63, 3.8) is 0 Å². The Balaban J connectivity index is 2.48. The Labute approximate surface area is 95.8 Å². The molecule has 0 spiro atoms. The van der Waals surface area contributed by atoms with Crippen molar-refractivity contribution in [3.8, 4) is 11.5 Å². The highest BCUT2D eigenvalue weighted by Gasteiger charge is 2.25. The summed E-state index contributed by atoms with van der Waals surface area (Å²) in [5.74, 6) is -4.02. The number of carbonyl (C=O) groups excluding carboxylic acids is 1. The van der Waals surface area contributed by atoms with Gasteiger partial charge in [-0.05, 0) is 12.1 Å². The van der Waals surface area contributed by atoms with E-state index < -0.39 is 23.1 Å². The van der Waals surface area contributed by atoms with E-state index in [4.69, 9.17) is 14.6 Å². The highest BCUT2D eigenvalue weighted by atomic mass is 19.1. The summed E-state index contributed by atoms with van der Waals surface area (Å²) in [4.78, 5) is 21.7. The van der Waals surface area contributed by atoms with Gasteiger partial charge in [0.2, 0.25) is 0 Å². The van der Waals surface area contributed by atoms with Crippen LogP contribution in [0.5, 0.6) is 11.5 Å². The van der Waals surface area contributed by atoms with Crippen LogP contribution >= 0.6 is 0 Å². The zero-order chi connectivity index (χ0) is 12.4. The number of ketones is 1. The lowest BCUT2D eigenvalue weighted by Crippen LogP contribution is -2.15. The molecule has 0 saturated heterocycles. The molecule has 1 aromatic rings. The first-order chi connectivity index (χ1) is 8.11. The van der Waals surface area contributed by atoms with Gasteiger partial charge in [0, 0.05) is 6.42 Å². The number of halogens is 1. The normalized spacial score (nSPS) is 13.9. The molecule has 0 atom stereocenters. The van der Waals surface area contributed by atoms with E-state index >= 15 is 0 Å². The second-order valence-corrected chi connectivity index (χ2v) is 3.44. The quantitative estimate of drug-likeness (QED) is 0.622. The topological polar surface area (TPSA) is 72.8 Å². The molecule has 2 rings (SSSR count). The first-order valence-electron chi connectivity index (χ1n) is 4.97. The lowest BCUT2D eigenvalue weighted by Gasteiger charge is -2.09. The van der Waals surface area contributed by atoms with Gasteiger partial charge in [-0.1, -0.05) is 0 Å². The zero-order valence-electron chi connectivity index (χ0n) is 8.73. The minimum atomic E-state index is -1.71. The number of ether oxygens (including phenoxy) is 2. The van der Waals surface area contributed by atoms with Crippen molar-refractivity contribution in [1.82, 2.24) is 0 Å². The largest absolute Gasteiger partial charge is 0.489 e. The lowest BCUT2D eigenvalue weighted by molar-refractivity contribution is -0.131. The van der Waals surface area contributed by atoms with Gasteiger partial charge in [0.25, 0.3) is 5.78 Å². The average Bonchev–Trinajstić information content (AvgIpc) is 2.54. The van der Waals surface area contributed by atoms with Gasteiger partial charge < -0.3 is 14.6 Å². The second kappa shape index (κ2) is 4.40. The number of Topliss-reactive ketones (excluding diaryl/α,β-unsaturated/α-hetero) is 1. The summed E-state index contributed by atoms with van der Waals surface area (Å²) < 4.78 is 24.2. The molecule has 6 heteroatoms. The van der Waals surface area contributed by atoms with Crippen molar-refractivity contribution in [2.45, 2.75) is 6.42 Å². The van der Waals surface area contributed by atoms with Crippen molar-refractivity contribution >= 4 is 11.8 Å². The monoisotopic (exact) mass is 240 g/mol. The molecule has 5 nitrogen and oxygen atoms in total. The third-order valence-electron chi connectivity index (χ3n) is 2.29. The molecule has 0 saturated carbocycles. The number of benzene rings is 1. The van der Waals surface area contributed by atoms with Crippen LogP contribution in [-0.2, 0) is 4.79 Å². The first kappa shape index (κ1) is 11.4. The average molecular weight is 240 g/mol. The van der Waals surface area contributed by atoms with E-state index in [1.165, 1.54) is 6.07 Å². The van der Waals surface area contributed by atoms with Crippen LogP contribution in [0.2, 0.25) is 0 Å². The smallest absolute Gasteiger partial charge is 0.377 e. The van der Waals surface area contributed by atoms with Crippen LogP contribution in [0.1, 0.15) is 16.8 Å². The van der Waals surface area contributed by atoms with Crippen LogP contribution in [0.25, 0.3) is 0 Å². The summed E-state index contributed by atoms with van der Waals surface area (Å²) in [7, 11) is 0. The molecule has 0 fully saturated rings. The number of aliphatic carboxylic acids is 1. The Morgan fingerprint density at radius 2 is 1.94 bits per heavy atom. The molecule has 1 heterocycles. The Kier molecular flexibility index (Phi) is 2.95. The van der Waals surface area contributed by atoms with Gasteiger partial charge in [-0.25, -0.2) is 9.18 Å². The Bertz CT molecular complexity index is 483. The Morgan fingerprint density at radius 3 is 2.65 bits per heavy atom. The predicted octanol–water partition coefficient (Wildman–Crippen LogP) is 1.25. The number of fused-ring (bicyclic) bond motifs is 1. The molecule has 1 aliphatic rings. The molecule has 17 heavy (non-hydrogen) atoms. The van der Waals surface area contributed by atoms with E-state index in [-0.39, 0.29) is 18.1 Å². The van der Waals surface area contributed by atoms with E-state index in [1.54, 1.807) is 0 Å². The molecule has 0 aromatic heterocycles. The number of carboxylic acid groups (broad SMARTS) is 1. The maximum atomic E-state index is 13.9. The Morgan fingerprint density at radius 1 is 1.24 bits per heavy atom. The van der Waals surface area contributed by atoms with Crippen molar-refractivity contribution in [1.29, 1.82) is 0 Å². The summed E-state index contributed by atoms with van der Waals surface area (Å²) >= 11 is 0. The van der Waals surface area contributed by atoms with Gasteiger partial charge in [0.05, 0.1) is 18.8 Å². The van der Waals surface area contributed by atoms with Crippen LogP contribution in [0.3, 0.4) is 0 Å². The maximum Gasteiger partial charge on any atom is 0.377 e. The number of hydrogen-bond donors (Lipinski definition) is 1. The van der Waals surface area contributed by atoms with Crippen LogP contribution in [0, 0.1) is 5.82 Å². The molecule has 1 N–H and O–H groups in total. The van der Waals surface area contributed by atoms with E-state index in [0.717, 1.165) is 6.07 Å². The number of carbonyl (C=O) groups is 2. The highest BCUT2D eigenvalue weighted by molar-refractivity contribution is 6.40. The number of hydrogen-bond acceptors (Lipinski definition) is 4. The molecule has 0 bridgehead atoms. The summed E-state index contributed by atoms with van der Waals surface area (Å²) in [5, 5.41) is 8.53. The molecule has 1 aliphatic heterocycles. The van der Waals surface area contributed by atoms with Crippen molar-refractivity contribution < 1.29 is 28.6 Å². The van der Waals surface area contributed by atoms with Crippen molar-refractivity contribution in [3.05, 3.63) is 23.5 Å². The lowest BCUT2D eigenvalue weighted by atomic mass is 10.1. The number of carboxylic acids is 1. The molecule has 0 unspecified atom stereocenters. The third kappa shape index (κ3) is 2.06. The van der Waals surface area contributed by atoms with E-state index in [0.29, 0.717) is 13.0 Å². The summed E-state index contributed by atoms with van der Waals surface area (Å²) in [6.07, 6.45) is 0.594. The summed E-state index contributed by atoms with van der Waals surface area (Å²) in [5.41, 5.74) is -0.526. The molecule has 0 amide bonds. The zero-order valence-corrected chi connectivity index (χ0v) is 8.73. The van der Waals surface area contributed by atoms with Gasteiger partial charge in [-0.2, -0.15) is 0 Å². The van der Waals surface area contributed by atoms with Crippen LogP contribution < -0.4 is 9.47 Å². The van der Waals surface area contributed by atoms with Gasteiger partial charge in [-0.15, -0.1) is 0 Å². The fourth-order valence-corrected chi connectivity index (χ4v) is 1.49. The van der Waals surface area contributed by atoms with Crippen LogP contribution in [0.4, 0.5) is 4.39 Å². The second-order valence-electron chi connectivity index (χ2n) is 3.44. The van der Waals surface area contributed by atoms with E-state index in [1.807, 2.05) is 0 Å². The molecule has 1 aromatic carbocycles. The van der Waals surface area contributed by atoms with Gasteiger partial charge in [-0.3, -0.25) is 4.79 Å². The highest BCUT2D eigenvalue weighted by Crippen LogP contribution is 2.34. The maximum absolute atomic E-state index is 13.9. The minimum absolute atomic E-state index is 0.182. The van der Waals surface area contributed by atoms with Gasteiger partial charge in [0.1, 0.15) is 0 Å². The summed E-state index contributed by atoms with van der Waals surface area (Å²) in [6, 6.07) is 2.42. The van der Waals surface area contributed by atoms with Crippen LogP contribution in [-0.4, -0.2) is 30.1 Å². The summed E-state index contributed by atoms with van der Waals surface area (Å²) in [6.45, 7) is 0.646. The molecule has 0 radical (unpaired) electrons. The minimum Gasteiger partial charge on any atom is -0.489 e. The predicted molar refractivity (Wildman–Crippen MR) is 54.0 cm³/mol. The van der Waals surface area contributed by atoms with E-state index in [2.05, 4.69) is 0 Å². The van der Waals surface area contributed by atoms with Crippen LogP contribution in [0.15, 0.2) is 12.1 Å². The fourth-order valence-electron chi connectivity index (χ4n) is 1.49. The van der Waals surface area contributed by atoms with E-state index in [9.17, 15) is 14.0 Å².